The minimum absolute atomic E-state index is 0.686. The smallest absolute Gasteiger partial charge is 0.0338 e. The molecule has 0 saturated heterocycles. The molecule has 0 N–H and O–H groups in total. The summed E-state index contributed by atoms with van der Waals surface area (Å²) in [5.41, 5.74) is 1.16. The molecular weight excluding hydrogens is 268 g/mol. The molecule has 0 nitrogen and oxygen atoms in total. The number of terminal acetylenes is 1. The van der Waals surface area contributed by atoms with Crippen molar-refractivity contribution < 1.29 is 0 Å². The molecule has 1 aromatic rings. The second kappa shape index (κ2) is 3.94. The summed E-state index contributed by atoms with van der Waals surface area (Å²) in [6.45, 7) is 0. The molecule has 11 heavy (non-hydrogen) atoms. The first kappa shape index (κ1) is 8.83. The van der Waals surface area contributed by atoms with E-state index >= 15 is 0 Å². The Kier molecular flexibility index (Phi) is 3.16. The highest BCUT2D eigenvalue weighted by molar-refractivity contribution is 9.13. The molecule has 2 heteroatoms. The van der Waals surface area contributed by atoms with Gasteiger partial charge in [0, 0.05) is 15.4 Å². The quantitative estimate of drug-likeness (QED) is 0.688. The summed E-state index contributed by atoms with van der Waals surface area (Å²) in [6, 6.07) is 6.01. The van der Waals surface area contributed by atoms with Gasteiger partial charge >= 0.3 is 0 Å². The zero-order valence-electron chi connectivity index (χ0n) is 5.77. The summed E-state index contributed by atoms with van der Waals surface area (Å²) in [5, 5.41) is 0. The van der Waals surface area contributed by atoms with Gasteiger partial charge in [-0.1, -0.05) is 6.07 Å². The van der Waals surface area contributed by atoms with Gasteiger partial charge in [-0.05, 0) is 49.6 Å². The third kappa shape index (κ3) is 2.36. The number of benzene rings is 1. The average molecular weight is 274 g/mol. The summed E-state index contributed by atoms with van der Waals surface area (Å²) in [6.07, 6.45) is 5.86. The van der Waals surface area contributed by atoms with Crippen LogP contribution in [-0.2, 0) is 6.42 Å². The molecule has 0 aliphatic rings. The number of rotatable bonds is 1. The van der Waals surface area contributed by atoms with Crippen molar-refractivity contribution in [2.24, 2.45) is 0 Å². The molecular formula is C9H6Br2. The topological polar surface area (TPSA) is 0 Å². The Hall–Kier alpha value is -0.260. The van der Waals surface area contributed by atoms with Gasteiger partial charge in [0.05, 0.1) is 0 Å². The maximum absolute atomic E-state index is 5.17. The van der Waals surface area contributed by atoms with E-state index in [9.17, 15) is 0 Å². The molecule has 0 fully saturated rings. The van der Waals surface area contributed by atoms with Gasteiger partial charge in [-0.25, -0.2) is 0 Å². The fraction of sp³-hybridized carbons (Fsp3) is 0.111. The van der Waals surface area contributed by atoms with Crippen LogP contribution in [0.5, 0.6) is 0 Å². The monoisotopic (exact) mass is 272 g/mol. The van der Waals surface area contributed by atoms with Crippen LogP contribution in [0.2, 0.25) is 0 Å². The first-order valence-corrected chi connectivity index (χ1v) is 4.70. The van der Waals surface area contributed by atoms with E-state index in [1.165, 1.54) is 0 Å². The number of hydrogen-bond acceptors (Lipinski definition) is 0. The first-order chi connectivity index (χ1) is 5.24. The molecule has 0 unspecified atom stereocenters. The molecule has 0 heterocycles. The van der Waals surface area contributed by atoms with Gasteiger partial charge in [-0.15, -0.1) is 12.3 Å². The highest BCUT2D eigenvalue weighted by Crippen LogP contribution is 2.23. The number of halogens is 2. The molecule has 0 radical (unpaired) electrons. The van der Waals surface area contributed by atoms with E-state index < -0.39 is 0 Å². The van der Waals surface area contributed by atoms with Gasteiger partial charge < -0.3 is 0 Å². The fourth-order valence-corrected chi connectivity index (χ4v) is 1.44. The minimum atomic E-state index is 0.686. The standard InChI is InChI=1S/C9H6Br2/c1-2-3-7-4-5-8(10)9(11)6-7/h1,4-6H,3H2. The van der Waals surface area contributed by atoms with Crippen molar-refractivity contribution in [3.63, 3.8) is 0 Å². The van der Waals surface area contributed by atoms with Crippen LogP contribution in [0.25, 0.3) is 0 Å². The predicted octanol–water partition coefficient (Wildman–Crippen LogP) is 3.39. The minimum Gasteiger partial charge on any atom is -0.120 e. The summed E-state index contributed by atoms with van der Waals surface area (Å²) >= 11 is 6.78. The van der Waals surface area contributed by atoms with Crippen molar-refractivity contribution in [2.75, 3.05) is 0 Å². The second-order valence-corrected chi connectivity index (χ2v) is 3.84. The van der Waals surface area contributed by atoms with E-state index in [1.807, 2.05) is 18.2 Å². The van der Waals surface area contributed by atoms with Gasteiger partial charge in [0.1, 0.15) is 0 Å². The Labute approximate surface area is 83.3 Å². The van der Waals surface area contributed by atoms with Crippen LogP contribution < -0.4 is 0 Å². The predicted molar refractivity (Wildman–Crippen MR) is 54.4 cm³/mol. The van der Waals surface area contributed by atoms with Crippen LogP contribution in [0.3, 0.4) is 0 Å². The van der Waals surface area contributed by atoms with E-state index in [1.54, 1.807) is 0 Å². The van der Waals surface area contributed by atoms with Crippen molar-refractivity contribution >= 4 is 31.9 Å². The molecule has 0 atom stereocenters. The lowest BCUT2D eigenvalue weighted by molar-refractivity contribution is 1.30. The summed E-state index contributed by atoms with van der Waals surface area (Å²) in [7, 11) is 0. The van der Waals surface area contributed by atoms with E-state index in [0.29, 0.717) is 6.42 Å². The Morgan fingerprint density at radius 2 is 2.00 bits per heavy atom. The molecule has 0 aliphatic heterocycles. The van der Waals surface area contributed by atoms with Crippen molar-refractivity contribution in [1.82, 2.24) is 0 Å². The van der Waals surface area contributed by atoms with E-state index in [4.69, 9.17) is 6.42 Å². The number of hydrogen-bond donors (Lipinski definition) is 0. The first-order valence-electron chi connectivity index (χ1n) is 3.11. The highest BCUT2D eigenvalue weighted by Gasteiger charge is 1.96. The van der Waals surface area contributed by atoms with Crippen molar-refractivity contribution in [3.05, 3.63) is 32.7 Å². The molecule has 0 aliphatic carbocycles. The average Bonchev–Trinajstić information content (AvgIpc) is 1.98. The van der Waals surface area contributed by atoms with Gasteiger partial charge in [0.25, 0.3) is 0 Å². The van der Waals surface area contributed by atoms with Crippen LogP contribution >= 0.6 is 31.9 Å². The van der Waals surface area contributed by atoms with Crippen molar-refractivity contribution in [2.45, 2.75) is 6.42 Å². The summed E-state index contributed by atoms with van der Waals surface area (Å²) in [5.74, 6) is 2.59. The third-order valence-corrected chi connectivity index (χ3v) is 3.17. The fourth-order valence-electron chi connectivity index (χ4n) is 0.767. The van der Waals surface area contributed by atoms with Gasteiger partial charge in [0.15, 0.2) is 0 Å². The van der Waals surface area contributed by atoms with Gasteiger partial charge in [-0.3, -0.25) is 0 Å². The van der Waals surface area contributed by atoms with Gasteiger partial charge in [0.2, 0.25) is 0 Å². The maximum atomic E-state index is 5.17. The van der Waals surface area contributed by atoms with E-state index in [0.717, 1.165) is 14.5 Å². The Bertz CT molecular complexity index is 297. The SMILES string of the molecule is C#CCc1ccc(Br)c(Br)c1. The summed E-state index contributed by atoms with van der Waals surface area (Å²) in [4.78, 5) is 0. The Morgan fingerprint density at radius 3 is 2.55 bits per heavy atom. The van der Waals surface area contributed by atoms with Crippen LogP contribution in [0.15, 0.2) is 27.1 Å². The van der Waals surface area contributed by atoms with Crippen molar-refractivity contribution in [3.8, 4) is 12.3 Å². The Balaban J connectivity index is 2.98. The largest absolute Gasteiger partial charge is 0.120 e. The Morgan fingerprint density at radius 1 is 1.27 bits per heavy atom. The second-order valence-electron chi connectivity index (χ2n) is 2.13. The third-order valence-electron chi connectivity index (χ3n) is 1.29. The molecule has 0 amide bonds. The van der Waals surface area contributed by atoms with E-state index in [2.05, 4.69) is 37.8 Å². The van der Waals surface area contributed by atoms with Crippen LogP contribution in [0.4, 0.5) is 0 Å². The highest BCUT2D eigenvalue weighted by atomic mass is 79.9. The molecule has 1 aromatic carbocycles. The molecule has 0 bridgehead atoms. The van der Waals surface area contributed by atoms with Crippen molar-refractivity contribution in [1.29, 1.82) is 0 Å². The van der Waals surface area contributed by atoms with Crippen LogP contribution in [0, 0.1) is 12.3 Å². The molecule has 0 aromatic heterocycles. The lowest BCUT2D eigenvalue weighted by Gasteiger charge is -1.98. The van der Waals surface area contributed by atoms with Crippen LogP contribution in [-0.4, -0.2) is 0 Å². The molecule has 1 rings (SSSR count). The normalized spacial score (nSPS) is 9.18. The van der Waals surface area contributed by atoms with Crippen LogP contribution in [0.1, 0.15) is 5.56 Å². The summed E-state index contributed by atoms with van der Waals surface area (Å²) < 4.78 is 2.10. The lowest BCUT2D eigenvalue weighted by Crippen LogP contribution is -1.80. The maximum Gasteiger partial charge on any atom is 0.0338 e. The van der Waals surface area contributed by atoms with Gasteiger partial charge in [-0.2, -0.15) is 0 Å². The lowest BCUT2D eigenvalue weighted by atomic mass is 10.2. The molecule has 56 valence electrons. The zero-order valence-corrected chi connectivity index (χ0v) is 8.94. The molecule has 0 spiro atoms. The van der Waals surface area contributed by atoms with E-state index in [-0.39, 0.29) is 0 Å². The zero-order chi connectivity index (χ0) is 8.27. The molecule has 0 saturated carbocycles.